The fourth-order valence-electron chi connectivity index (χ4n) is 1.74. The minimum absolute atomic E-state index is 0.0982. The minimum Gasteiger partial charge on any atom is -0.383 e. The van der Waals surface area contributed by atoms with Crippen LogP contribution in [0.25, 0.3) is 0 Å². The maximum absolute atomic E-state index is 13.4. The summed E-state index contributed by atoms with van der Waals surface area (Å²) < 4.78 is 18.3. The number of hydrogen-bond acceptors (Lipinski definition) is 5. The van der Waals surface area contributed by atoms with Gasteiger partial charge in [0.1, 0.15) is 11.6 Å². The molecule has 0 aliphatic carbocycles. The van der Waals surface area contributed by atoms with Gasteiger partial charge in [0.05, 0.1) is 6.61 Å². The molecule has 0 fully saturated rings. The first-order valence-electron chi connectivity index (χ1n) is 6.79. The molecular formula is C15H17FN4O2. The summed E-state index contributed by atoms with van der Waals surface area (Å²) in [4.78, 5) is 11.9. The molecular weight excluding hydrogens is 287 g/mol. The van der Waals surface area contributed by atoms with Crippen molar-refractivity contribution in [3.05, 3.63) is 53.5 Å². The lowest BCUT2D eigenvalue weighted by Crippen LogP contribution is -2.24. The lowest BCUT2D eigenvalue weighted by atomic mass is 10.2. The van der Waals surface area contributed by atoms with Gasteiger partial charge in [-0.25, -0.2) is 4.39 Å². The highest BCUT2D eigenvalue weighted by molar-refractivity contribution is 5.92. The van der Waals surface area contributed by atoms with E-state index < -0.39 is 5.91 Å². The number of benzene rings is 1. The molecule has 116 valence electrons. The summed E-state index contributed by atoms with van der Waals surface area (Å²) >= 11 is 0. The van der Waals surface area contributed by atoms with Gasteiger partial charge in [-0.15, -0.1) is 10.2 Å². The standard InChI is InChI=1S/C15H17FN4O2/c1-22-9-8-17-14-7-6-13(19-20-14)15(21)18-10-11-4-2-3-5-12(11)16/h2-7H,8-10H2,1H3,(H,17,20)(H,18,21). The normalized spacial score (nSPS) is 10.3. The molecule has 2 aromatic rings. The van der Waals surface area contributed by atoms with E-state index in [9.17, 15) is 9.18 Å². The Morgan fingerprint density at radius 3 is 2.73 bits per heavy atom. The van der Waals surface area contributed by atoms with Crippen LogP contribution in [0.3, 0.4) is 0 Å². The van der Waals surface area contributed by atoms with Gasteiger partial charge in [0.15, 0.2) is 5.69 Å². The minimum atomic E-state index is -0.404. The molecule has 0 spiro atoms. The number of hydrogen-bond donors (Lipinski definition) is 2. The second-order valence-electron chi connectivity index (χ2n) is 4.50. The molecule has 2 rings (SSSR count). The van der Waals surface area contributed by atoms with Crippen molar-refractivity contribution < 1.29 is 13.9 Å². The average Bonchev–Trinajstić information content (AvgIpc) is 2.55. The molecule has 0 aliphatic rings. The summed E-state index contributed by atoms with van der Waals surface area (Å²) in [5.41, 5.74) is 0.593. The maximum atomic E-state index is 13.4. The lowest BCUT2D eigenvalue weighted by molar-refractivity contribution is 0.0944. The van der Waals surface area contributed by atoms with Gasteiger partial charge in [-0.2, -0.15) is 0 Å². The van der Waals surface area contributed by atoms with Gasteiger partial charge in [0.25, 0.3) is 5.91 Å². The summed E-state index contributed by atoms with van der Waals surface area (Å²) in [6, 6.07) is 9.48. The Morgan fingerprint density at radius 2 is 2.05 bits per heavy atom. The second kappa shape index (κ2) is 8.04. The number of carbonyl (C=O) groups is 1. The quantitative estimate of drug-likeness (QED) is 0.760. The molecule has 2 N–H and O–H groups in total. The SMILES string of the molecule is COCCNc1ccc(C(=O)NCc2ccccc2F)nn1. The molecule has 0 aliphatic heterocycles. The summed E-state index contributed by atoms with van der Waals surface area (Å²) in [5, 5.41) is 13.3. The van der Waals surface area contributed by atoms with Gasteiger partial charge >= 0.3 is 0 Å². The van der Waals surface area contributed by atoms with Crippen molar-refractivity contribution in [1.82, 2.24) is 15.5 Å². The lowest BCUT2D eigenvalue weighted by Gasteiger charge is -2.07. The van der Waals surface area contributed by atoms with Crippen molar-refractivity contribution in [2.45, 2.75) is 6.54 Å². The number of nitrogens with one attached hydrogen (secondary N) is 2. The molecule has 1 aromatic carbocycles. The first-order chi connectivity index (χ1) is 10.7. The first-order valence-corrected chi connectivity index (χ1v) is 6.79. The number of rotatable bonds is 7. The molecule has 1 aromatic heterocycles. The van der Waals surface area contributed by atoms with Gasteiger partial charge in [0.2, 0.25) is 0 Å². The number of anilines is 1. The van der Waals surface area contributed by atoms with Crippen LogP contribution in [0.15, 0.2) is 36.4 Å². The Hall–Kier alpha value is -2.54. The van der Waals surface area contributed by atoms with Gasteiger partial charge in [-0.05, 0) is 18.2 Å². The highest BCUT2D eigenvalue weighted by atomic mass is 19.1. The molecule has 0 saturated carbocycles. The van der Waals surface area contributed by atoms with Crippen LogP contribution in [0.4, 0.5) is 10.2 Å². The van der Waals surface area contributed by atoms with Crippen LogP contribution in [-0.2, 0) is 11.3 Å². The molecule has 6 nitrogen and oxygen atoms in total. The number of methoxy groups -OCH3 is 1. The number of carbonyl (C=O) groups excluding carboxylic acids is 1. The second-order valence-corrected chi connectivity index (χ2v) is 4.50. The van der Waals surface area contributed by atoms with E-state index in [1.807, 2.05) is 0 Å². The zero-order valence-corrected chi connectivity index (χ0v) is 12.2. The average molecular weight is 304 g/mol. The summed E-state index contributed by atoms with van der Waals surface area (Å²) in [6.07, 6.45) is 0. The van der Waals surface area contributed by atoms with Crippen LogP contribution in [0.5, 0.6) is 0 Å². The van der Waals surface area contributed by atoms with E-state index in [4.69, 9.17) is 4.74 Å². The zero-order valence-electron chi connectivity index (χ0n) is 12.2. The fraction of sp³-hybridized carbons (Fsp3) is 0.267. The van der Waals surface area contributed by atoms with Gasteiger partial charge in [-0.3, -0.25) is 4.79 Å². The number of aromatic nitrogens is 2. The molecule has 0 bridgehead atoms. The van der Waals surface area contributed by atoms with Crippen molar-refractivity contribution in [2.75, 3.05) is 25.6 Å². The third-order valence-corrected chi connectivity index (χ3v) is 2.91. The van der Waals surface area contributed by atoms with E-state index in [0.717, 1.165) is 0 Å². The van der Waals surface area contributed by atoms with Crippen LogP contribution < -0.4 is 10.6 Å². The van der Waals surface area contributed by atoms with Crippen LogP contribution in [0.2, 0.25) is 0 Å². The van der Waals surface area contributed by atoms with Crippen LogP contribution >= 0.6 is 0 Å². The fourth-order valence-corrected chi connectivity index (χ4v) is 1.74. The highest BCUT2D eigenvalue weighted by Gasteiger charge is 2.09. The van der Waals surface area contributed by atoms with Gasteiger partial charge in [-0.1, -0.05) is 18.2 Å². The Labute approximate surface area is 127 Å². The predicted octanol–water partition coefficient (Wildman–Crippen LogP) is 1.60. The number of ether oxygens (including phenoxy) is 1. The van der Waals surface area contributed by atoms with Crippen LogP contribution in [0.1, 0.15) is 16.1 Å². The Bertz CT molecular complexity index is 619. The number of amides is 1. The van der Waals surface area contributed by atoms with Gasteiger partial charge in [0, 0.05) is 25.8 Å². The Kier molecular flexibility index (Phi) is 5.79. The molecule has 1 heterocycles. The van der Waals surface area contributed by atoms with Crippen molar-refractivity contribution in [2.24, 2.45) is 0 Å². The molecule has 1 amide bonds. The van der Waals surface area contributed by atoms with E-state index >= 15 is 0 Å². The summed E-state index contributed by atoms with van der Waals surface area (Å²) in [6.45, 7) is 1.25. The monoisotopic (exact) mass is 304 g/mol. The van der Waals surface area contributed by atoms with Gasteiger partial charge < -0.3 is 15.4 Å². The van der Waals surface area contributed by atoms with Crippen molar-refractivity contribution in [1.29, 1.82) is 0 Å². The topological polar surface area (TPSA) is 76.1 Å². The first kappa shape index (κ1) is 15.8. The Balaban J connectivity index is 1.88. The summed E-state index contributed by atoms with van der Waals surface area (Å²) in [5.74, 6) is -0.200. The molecule has 7 heteroatoms. The molecule has 0 unspecified atom stereocenters. The largest absolute Gasteiger partial charge is 0.383 e. The third-order valence-electron chi connectivity index (χ3n) is 2.91. The van der Waals surface area contributed by atoms with Crippen LogP contribution in [0, 0.1) is 5.82 Å². The third kappa shape index (κ3) is 4.49. The Morgan fingerprint density at radius 1 is 1.23 bits per heavy atom. The zero-order chi connectivity index (χ0) is 15.8. The van der Waals surface area contributed by atoms with E-state index in [2.05, 4.69) is 20.8 Å². The predicted molar refractivity (Wildman–Crippen MR) is 80.0 cm³/mol. The van der Waals surface area contributed by atoms with E-state index in [-0.39, 0.29) is 18.1 Å². The van der Waals surface area contributed by atoms with Crippen molar-refractivity contribution >= 4 is 11.7 Å². The molecule has 0 atom stereocenters. The summed E-state index contributed by atoms with van der Waals surface area (Å²) in [7, 11) is 1.61. The molecule has 0 saturated heterocycles. The van der Waals surface area contributed by atoms with E-state index in [0.29, 0.717) is 24.5 Å². The highest BCUT2D eigenvalue weighted by Crippen LogP contribution is 2.06. The van der Waals surface area contributed by atoms with Crippen LogP contribution in [-0.4, -0.2) is 36.4 Å². The smallest absolute Gasteiger partial charge is 0.272 e. The molecule has 0 radical (unpaired) electrons. The van der Waals surface area contributed by atoms with E-state index in [1.165, 1.54) is 6.07 Å². The molecule has 22 heavy (non-hydrogen) atoms. The maximum Gasteiger partial charge on any atom is 0.272 e. The number of halogens is 1. The van der Waals surface area contributed by atoms with Crippen molar-refractivity contribution in [3.8, 4) is 0 Å². The number of nitrogens with zero attached hydrogens (tertiary/aromatic N) is 2. The van der Waals surface area contributed by atoms with Crippen molar-refractivity contribution in [3.63, 3.8) is 0 Å². The van der Waals surface area contributed by atoms with E-state index in [1.54, 1.807) is 37.4 Å².